The van der Waals surface area contributed by atoms with E-state index in [0.717, 1.165) is 50.0 Å². The molecule has 0 spiro atoms. The average molecular weight is 656 g/mol. The standard InChI is InChI=1S/C47H33N3O/c1-3-13-31(14-4-1)45-48-46(32-15-5-2-6-16-32)50-47(49-45)40-27-26-38(36-18-9-10-19-37(36)40)39-20-11-21-42-44(39)41-25-24-35(29-43(41)51-42)34-23-22-30-12-7-8-17-33(30)28-34/h1-29,45,47,49H,(H,48,50). The zero-order valence-electron chi connectivity index (χ0n) is 27.8. The van der Waals surface area contributed by atoms with Gasteiger partial charge in [0.05, 0.1) is 0 Å². The Kier molecular flexibility index (Phi) is 7.00. The van der Waals surface area contributed by atoms with Crippen molar-refractivity contribution in [3.8, 4) is 22.3 Å². The number of hydrogen-bond acceptors (Lipinski definition) is 4. The van der Waals surface area contributed by atoms with Crippen molar-refractivity contribution >= 4 is 49.3 Å². The van der Waals surface area contributed by atoms with E-state index in [1.165, 1.54) is 38.2 Å². The third-order valence-electron chi connectivity index (χ3n) is 10.2. The molecule has 0 aliphatic carbocycles. The zero-order valence-corrected chi connectivity index (χ0v) is 27.8. The molecular formula is C47H33N3O. The summed E-state index contributed by atoms with van der Waals surface area (Å²) < 4.78 is 6.57. The van der Waals surface area contributed by atoms with Crippen LogP contribution in [0.4, 0.5) is 0 Å². The predicted molar refractivity (Wildman–Crippen MR) is 211 cm³/mol. The van der Waals surface area contributed by atoms with E-state index < -0.39 is 0 Å². The van der Waals surface area contributed by atoms with Crippen LogP contribution in [0.15, 0.2) is 185 Å². The molecule has 9 aromatic rings. The van der Waals surface area contributed by atoms with Crippen molar-refractivity contribution < 1.29 is 4.42 Å². The van der Waals surface area contributed by atoms with Crippen molar-refractivity contribution in [1.82, 2.24) is 10.6 Å². The number of furan rings is 1. The molecule has 2 heterocycles. The van der Waals surface area contributed by atoms with Gasteiger partial charge in [-0.15, -0.1) is 0 Å². The fourth-order valence-corrected chi connectivity index (χ4v) is 7.68. The molecule has 0 saturated carbocycles. The summed E-state index contributed by atoms with van der Waals surface area (Å²) >= 11 is 0. The number of aliphatic imine (C=N–C) groups is 1. The van der Waals surface area contributed by atoms with Crippen LogP contribution < -0.4 is 10.6 Å². The average Bonchev–Trinajstić information content (AvgIpc) is 3.59. The molecule has 10 rings (SSSR count). The van der Waals surface area contributed by atoms with Crippen molar-refractivity contribution in [3.63, 3.8) is 0 Å². The summed E-state index contributed by atoms with van der Waals surface area (Å²) in [6.07, 6.45) is -0.363. The van der Waals surface area contributed by atoms with E-state index in [1.807, 2.05) is 12.1 Å². The minimum Gasteiger partial charge on any atom is -0.456 e. The largest absolute Gasteiger partial charge is 0.456 e. The van der Waals surface area contributed by atoms with E-state index in [1.54, 1.807) is 0 Å². The van der Waals surface area contributed by atoms with Crippen LogP contribution in [-0.4, -0.2) is 5.84 Å². The van der Waals surface area contributed by atoms with Gasteiger partial charge in [-0.25, -0.2) is 4.99 Å². The second-order valence-electron chi connectivity index (χ2n) is 13.2. The first-order chi connectivity index (χ1) is 25.3. The van der Waals surface area contributed by atoms with Crippen LogP contribution in [0.5, 0.6) is 0 Å². The maximum atomic E-state index is 6.57. The molecule has 2 atom stereocenters. The van der Waals surface area contributed by atoms with Crippen molar-refractivity contribution in [3.05, 3.63) is 193 Å². The Hall–Kier alpha value is -6.49. The lowest BCUT2D eigenvalue weighted by Crippen LogP contribution is -2.45. The highest BCUT2D eigenvalue weighted by molar-refractivity contribution is 6.16. The molecule has 4 nitrogen and oxygen atoms in total. The normalized spacial score (nSPS) is 16.0. The van der Waals surface area contributed by atoms with Gasteiger partial charge in [0.1, 0.15) is 29.3 Å². The molecule has 51 heavy (non-hydrogen) atoms. The maximum Gasteiger partial charge on any atom is 0.136 e. The Labute approximate surface area is 295 Å². The maximum absolute atomic E-state index is 6.57. The predicted octanol–water partition coefficient (Wildman–Crippen LogP) is 11.6. The highest BCUT2D eigenvalue weighted by Crippen LogP contribution is 2.42. The quantitative estimate of drug-likeness (QED) is 0.194. The van der Waals surface area contributed by atoms with Crippen molar-refractivity contribution in [2.45, 2.75) is 12.3 Å². The van der Waals surface area contributed by atoms with Gasteiger partial charge in [0.2, 0.25) is 0 Å². The van der Waals surface area contributed by atoms with E-state index in [4.69, 9.17) is 9.41 Å². The number of fused-ring (bicyclic) bond motifs is 5. The SMILES string of the molecule is c1ccc(C2=NC(c3ccccc3)NC(c3ccc(-c4cccc5oc6cc(-c7ccc8ccccc8c7)ccc6c45)c4ccccc34)N2)cc1. The third-order valence-corrected chi connectivity index (χ3v) is 10.2. The molecule has 0 amide bonds. The molecule has 0 saturated heterocycles. The van der Waals surface area contributed by atoms with Gasteiger partial charge in [-0.2, -0.15) is 0 Å². The van der Waals surface area contributed by atoms with Crippen LogP contribution in [0.25, 0.3) is 65.7 Å². The molecule has 4 heteroatoms. The first-order valence-electron chi connectivity index (χ1n) is 17.4. The van der Waals surface area contributed by atoms with Crippen LogP contribution in [0.2, 0.25) is 0 Å². The molecular weight excluding hydrogens is 623 g/mol. The van der Waals surface area contributed by atoms with Gasteiger partial charge in [-0.3, -0.25) is 5.32 Å². The van der Waals surface area contributed by atoms with Crippen molar-refractivity contribution in [2.75, 3.05) is 0 Å². The number of hydrogen-bond donors (Lipinski definition) is 2. The molecule has 1 aliphatic rings. The fourth-order valence-electron chi connectivity index (χ4n) is 7.68. The van der Waals surface area contributed by atoms with Gasteiger partial charge in [0.15, 0.2) is 0 Å². The second kappa shape index (κ2) is 12.1. The molecule has 8 aromatic carbocycles. The molecule has 0 radical (unpaired) electrons. The van der Waals surface area contributed by atoms with Crippen LogP contribution >= 0.6 is 0 Å². The number of amidine groups is 1. The third kappa shape index (κ3) is 5.16. The van der Waals surface area contributed by atoms with Crippen molar-refractivity contribution in [2.24, 2.45) is 4.99 Å². The fraction of sp³-hybridized carbons (Fsp3) is 0.0426. The Morgan fingerprint density at radius 2 is 1.20 bits per heavy atom. The van der Waals surface area contributed by atoms with E-state index >= 15 is 0 Å². The molecule has 1 aliphatic heterocycles. The van der Waals surface area contributed by atoms with Crippen LogP contribution in [-0.2, 0) is 0 Å². The summed E-state index contributed by atoms with van der Waals surface area (Å²) in [5, 5.41) is 14.6. The van der Waals surface area contributed by atoms with E-state index in [0.29, 0.717) is 0 Å². The van der Waals surface area contributed by atoms with Gasteiger partial charge < -0.3 is 9.73 Å². The summed E-state index contributed by atoms with van der Waals surface area (Å²) in [4.78, 5) is 5.12. The monoisotopic (exact) mass is 655 g/mol. The number of nitrogens with zero attached hydrogens (tertiary/aromatic N) is 1. The summed E-state index contributed by atoms with van der Waals surface area (Å²) in [5.74, 6) is 0.874. The summed E-state index contributed by atoms with van der Waals surface area (Å²) in [7, 11) is 0. The lowest BCUT2D eigenvalue weighted by atomic mass is 9.91. The molecule has 1 aromatic heterocycles. The van der Waals surface area contributed by atoms with Gasteiger partial charge in [0, 0.05) is 16.3 Å². The Balaban J connectivity index is 1.08. The van der Waals surface area contributed by atoms with Gasteiger partial charge in [-0.1, -0.05) is 152 Å². The molecule has 2 N–H and O–H groups in total. The van der Waals surface area contributed by atoms with Crippen molar-refractivity contribution in [1.29, 1.82) is 0 Å². The lowest BCUT2D eigenvalue weighted by molar-refractivity contribution is 0.411. The van der Waals surface area contributed by atoms with E-state index in [2.05, 4.69) is 174 Å². The molecule has 0 fully saturated rings. The topological polar surface area (TPSA) is 49.6 Å². The smallest absolute Gasteiger partial charge is 0.136 e. The first-order valence-corrected chi connectivity index (χ1v) is 17.4. The summed E-state index contributed by atoms with van der Waals surface area (Å²) in [6, 6.07) is 62.2. The number of rotatable bonds is 5. The van der Waals surface area contributed by atoms with Crippen LogP contribution in [0.3, 0.4) is 0 Å². The molecule has 242 valence electrons. The van der Waals surface area contributed by atoms with Gasteiger partial charge >= 0.3 is 0 Å². The van der Waals surface area contributed by atoms with Crippen LogP contribution in [0.1, 0.15) is 29.0 Å². The minimum atomic E-state index is -0.198. The van der Waals surface area contributed by atoms with E-state index in [9.17, 15) is 0 Å². The summed E-state index contributed by atoms with van der Waals surface area (Å²) in [5.41, 5.74) is 9.78. The molecule has 2 unspecified atom stereocenters. The highest BCUT2D eigenvalue weighted by Gasteiger charge is 2.27. The highest BCUT2D eigenvalue weighted by atomic mass is 16.3. The lowest BCUT2D eigenvalue weighted by Gasteiger charge is -2.33. The minimum absolute atomic E-state index is 0.166. The Morgan fingerprint density at radius 3 is 2.06 bits per heavy atom. The number of nitrogens with one attached hydrogen (secondary N) is 2. The van der Waals surface area contributed by atoms with Gasteiger partial charge in [-0.05, 0) is 79.2 Å². The van der Waals surface area contributed by atoms with Gasteiger partial charge in [0.25, 0.3) is 0 Å². The molecule has 0 bridgehead atoms. The number of benzene rings is 8. The Morgan fingerprint density at radius 1 is 0.471 bits per heavy atom. The van der Waals surface area contributed by atoms with Crippen LogP contribution in [0, 0.1) is 0 Å². The summed E-state index contributed by atoms with van der Waals surface area (Å²) in [6.45, 7) is 0. The zero-order chi connectivity index (χ0) is 33.7. The second-order valence-corrected chi connectivity index (χ2v) is 13.2. The first kappa shape index (κ1) is 29.4. The Bertz CT molecular complexity index is 2770. The van der Waals surface area contributed by atoms with E-state index in [-0.39, 0.29) is 12.3 Å².